The van der Waals surface area contributed by atoms with Gasteiger partial charge in [-0.25, -0.2) is 8.78 Å². The summed E-state index contributed by atoms with van der Waals surface area (Å²) in [5, 5.41) is 11.2. The summed E-state index contributed by atoms with van der Waals surface area (Å²) in [7, 11) is 0. The van der Waals surface area contributed by atoms with Crippen LogP contribution >= 0.6 is 11.5 Å². The minimum absolute atomic E-state index is 0.132. The zero-order chi connectivity index (χ0) is 13.1. The summed E-state index contributed by atoms with van der Waals surface area (Å²) in [5.74, 6) is -2.74. The second-order valence-electron chi connectivity index (χ2n) is 3.76. The van der Waals surface area contributed by atoms with E-state index in [4.69, 9.17) is 15.6 Å². The third-order valence-electron chi connectivity index (χ3n) is 1.77. The average molecular weight is 267 g/mol. The normalized spacial score (nSPS) is 11.9. The highest BCUT2D eigenvalue weighted by Gasteiger charge is 2.28. The lowest BCUT2D eigenvalue weighted by Gasteiger charge is -2.15. The maximum Gasteiger partial charge on any atom is 0.287 e. The van der Waals surface area contributed by atoms with Crippen LogP contribution in [0, 0.1) is 0 Å². The molecule has 0 aromatic carbocycles. The van der Waals surface area contributed by atoms with Crippen molar-refractivity contribution in [3.05, 3.63) is 0 Å². The van der Waals surface area contributed by atoms with E-state index in [1.54, 1.807) is 13.8 Å². The zero-order valence-electron chi connectivity index (χ0n) is 9.54. The van der Waals surface area contributed by atoms with Gasteiger partial charge in [0, 0.05) is 0 Å². The molecule has 1 aromatic heterocycles. The summed E-state index contributed by atoms with van der Waals surface area (Å²) in [6, 6.07) is 0. The molecular weight excluding hydrogens is 252 g/mol. The Morgan fingerprint density at radius 3 is 2.76 bits per heavy atom. The first-order valence-corrected chi connectivity index (χ1v) is 5.77. The fourth-order valence-electron chi connectivity index (χ4n) is 1.02. The van der Waals surface area contributed by atoms with Crippen molar-refractivity contribution in [2.24, 2.45) is 0 Å². The largest absolute Gasteiger partial charge is 0.484 e. The number of halogens is 2. The Bertz CT molecular complexity index is 371. The first-order chi connectivity index (χ1) is 7.85. The van der Waals surface area contributed by atoms with E-state index in [1.165, 1.54) is 0 Å². The van der Waals surface area contributed by atoms with Gasteiger partial charge in [0.05, 0.1) is 12.6 Å². The Hall–Kier alpha value is -1.15. The van der Waals surface area contributed by atoms with E-state index in [2.05, 4.69) is 9.69 Å². The Labute approximate surface area is 102 Å². The van der Waals surface area contributed by atoms with Crippen molar-refractivity contribution in [2.75, 3.05) is 24.2 Å². The molecule has 0 saturated carbocycles. The molecule has 8 heteroatoms. The molecule has 4 N–H and O–H groups in total. The molecule has 0 radical (unpaired) electrons. The molecule has 0 fully saturated rings. The summed E-state index contributed by atoms with van der Waals surface area (Å²) in [4.78, 5) is 0. The molecule has 0 aliphatic heterocycles. The highest BCUT2D eigenvalue weighted by Crippen LogP contribution is 2.36. The summed E-state index contributed by atoms with van der Waals surface area (Å²) in [5.41, 5.74) is 5.56. The smallest absolute Gasteiger partial charge is 0.287 e. The topological polar surface area (TPSA) is 80.4 Å². The number of anilines is 2. The first kappa shape index (κ1) is 13.9. The molecule has 1 aromatic rings. The number of alkyl halides is 2. The van der Waals surface area contributed by atoms with Gasteiger partial charge in [0.2, 0.25) is 0 Å². The van der Waals surface area contributed by atoms with Crippen molar-refractivity contribution in [1.29, 1.82) is 0 Å². The van der Waals surface area contributed by atoms with Crippen molar-refractivity contribution in [1.82, 2.24) is 4.37 Å². The molecule has 0 bridgehead atoms. The van der Waals surface area contributed by atoms with E-state index in [9.17, 15) is 8.78 Å². The molecule has 0 atom stereocenters. The summed E-state index contributed by atoms with van der Waals surface area (Å²) >= 11 is 0.943. The molecule has 98 valence electrons. The van der Waals surface area contributed by atoms with Crippen LogP contribution in [0.1, 0.15) is 13.8 Å². The van der Waals surface area contributed by atoms with Gasteiger partial charge in [-0.15, -0.1) is 0 Å². The van der Waals surface area contributed by atoms with Crippen molar-refractivity contribution in [3.63, 3.8) is 0 Å². The number of aromatic nitrogens is 1. The van der Waals surface area contributed by atoms with Gasteiger partial charge < -0.3 is 20.9 Å². The fraction of sp³-hybridized carbons (Fsp3) is 0.667. The number of hydrogen-bond acceptors (Lipinski definition) is 6. The molecule has 0 aliphatic rings. The van der Waals surface area contributed by atoms with Crippen LogP contribution in [0.5, 0.6) is 5.75 Å². The number of nitrogens with one attached hydrogen (secondary N) is 1. The highest BCUT2D eigenvalue weighted by atomic mass is 32.1. The van der Waals surface area contributed by atoms with Crippen LogP contribution in [0.2, 0.25) is 0 Å². The van der Waals surface area contributed by atoms with Gasteiger partial charge in [-0.1, -0.05) is 0 Å². The number of aliphatic hydroxyl groups excluding tert-OH is 1. The Morgan fingerprint density at radius 1 is 1.59 bits per heavy atom. The molecule has 0 amide bonds. The van der Waals surface area contributed by atoms with E-state index in [0.717, 1.165) is 11.5 Å². The first-order valence-electron chi connectivity index (χ1n) is 5.00. The standard InChI is InChI=1S/C9H15F2N3O2S/c1-5(2)16-6-7(12)14-17-8(6)13-3-9(10,11)4-15/h5,13,15H,3-4H2,1-2H3,(H2,12,14). The van der Waals surface area contributed by atoms with Crippen LogP contribution in [0.4, 0.5) is 19.6 Å². The van der Waals surface area contributed by atoms with Crippen LogP contribution in [-0.2, 0) is 0 Å². The molecule has 1 rings (SSSR count). The molecule has 0 saturated heterocycles. The lowest BCUT2D eigenvalue weighted by molar-refractivity contribution is -0.0372. The summed E-state index contributed by atoms with van der Waals surface area (Å²) in [6.45, 7) is 1.68. The van der Waals surface area contributed by atoms with Crippen molar-refractivity contribution >= 4 is 22.4 Å². The zero-order valence-corrected chi connectivity index (χ0v) is 10.4. The Kier molecular flexibility index (Phi) is 4.47. The lowest BCUT2D eigenvalue weighted by atomic mass is 10.3. The SMILES string of the molecule is CC(C)Oc1c(N)nsc1NCC(F)(F)CO. The van der Waals surface area contributed by atoms with E-state index in [1.807, 2.05) is 0 Å². The molecule has 0 spiro atoms. The third-order valence-corrected chi connectivity index (χ3v) is 2.57. The molecule has 0 aliphatic carbocycles. The second kappa shape index (κ2) is 5.46. The maximum absolute atomic E-state index is 12.8. The van der Waals surface area contributed by atoms with E-state index in [0.29, 0.717) is 5.00 Å². The van der Waals surface area contributed by atoms with Gasteiger partial charge in [-0.3, -0.25) is 0 Å². The number of ether oxygens (including phenoxy) is 1. The van der Waals surface area contributed by atoms with Gasteiger partial charge in [0.15, 0.2) is 16.6 Å². The number of rotatable bonds is 6. The molecular formula is C9H15F2N3O2S. The predicted molar refractivity (Wildman–Crippen MR) is 62.8 cm³/mol. The third kappa shape index (κ3) is 3.97. The quantitative estimate of drug-likeness (QED) is 0.728. The number of nitrogen functional groups attached to an aromatic ring is 1. The van der Waals surface area contributed by atoms with Gasteiger partial charge in [-0.05, 0) is 25.4 Å². The Balaban J connectivity index is 2.71. The van der Waals surface area contributed by atoms with Crippen molar-refractivity contribution in [2.45, 2.75) is 25.9 Å². The number of aliphatic hydroxyl groups is 1. The van der Waals surface area contributed by atoms with E-state index < -0.39 is 19.1 Å². The second-order valence-corrected chi connectivity index (χ2v) is 4.53. The van der Waals surface area contributed by atoms with Crippen LogP contribution in [0.3, 0.4) is 0 Å². The van der Waals surface area contributed by atoms with Gasteiger partial charge in [0.1, 0.15) is 6.61 Å². The molecule has 17 heavy (non-hydrogen) atoms. The molecule has 5 nitrogen and oxygen atoms in total. The van der Waals surface area contributed by atoms with E-state index in [-0.39, 0.29) is 17.7 Å². The van der Waals surface area contributed by atoms with Gasteiger partial charge in [0.25, 0.3) is 5.92 Å². The average Bonchev–Trinajstić information content (AvgIpc) is 2.57. The van der Waals surface area contributed by atoms with E-state index >= 15 is 0 Å². The minimum atomic E-state index is -3.19. The summed E-state index contributed by atoms with van der Waals surface area (Å²) < 4.78 is 34.9. The van der Waals surface area contributed by atoms with Crippen molar-refractivity contribution < 1.29 is 18.6 Å². The minimum Gasteiger partial charge on any atom is -0.484 e. The van der Waals surface area contributed by atoms with Gasteiger partial charge >= 0.3 is 0 Å². The number of nitrogens with two attached hydrogens (primary N) is 1. The highest BCUT2D eigenvalue weighted by molar-refractivity contribution is 7.11. The molecule has 0 unspecified atom stereocenters. The van der Waals surface area contributed by atoms with Crippen LogP contribution in [0.25, 0.3) is 0 Å². The van der Waals surface area contributed by atoms with Crippen LogP contribution in [0.15, 0.2) is 0 Å². The van der Waals surface area contributed by atoms with Crippen LogP contribution in [-0.4, -0.2) is 34.7 Å². The Morgan fingerprint density at radius 2 is 2.24 bits per heavy atom. The van der Waals surface area contributed by atoms with Crippen molar-refractivity contribution in [3.8, 4) is 5.75 Å². The monoisotopic (exact) mass is 267 g/mol. The predicted octanol–water partition coefficient (Wildman–Crippen LogP) is 1.55. The lowest BCUT2D eigenvalue weighted by Crippen LogP contribution is -2.30. The summed E-state index contributed by atoms with van der Waals surface area (Å²) in [6.07, 6.45) is -0.132. The molecule has 1 heterocycles. The van der Waals surface area contributed by atoms with Gasteiger partial charge in [-0.2, -0.15) is 4.37 Å². The maximum atomic E-state index is 12.8. The number of hydrogen-bond donors (Lipinski definition) is 3. The number of nitrogens with zero attached hydrogens (tertiary/aromatic N) is 1. The fourth-order valence-corrected chi connectivity index (χ4v) is 1.67. The van der Waals surface area contributed by atoms with Crippen LogP contribution < -0.4 is 15.8 Å².